The highest BCUT2D eigenvalue weighted by Crippen LogP contribution is 2.15. The summed E-state index contributed by atoms with van der Waals surface area (Å²) in [5.41, 5.74) is -0.644. The third-order valence-corrected chi connectivity index (χ3v) is 4.92. The molecule has 1 unspecified atom stereocenters. The Morgan fingerprint density at radius 2 is 1.20 bits per heavy atom. The third kappa shape index (κ3) is 21.3. The van der Waals surface area contributed by atoms with Gasteiger partial charge in [0.2, 0.25) is 0 Å². The fourth-order valence-electron chi connectivity index (χ4n) is 3.33. The molecule has 0 aromatic carbocycles. The van der Waals surface area contributed by atoms with Crippen molar-refractivity contribution in [2.24, 2.45) is 0 Å². The van der Waals surface area contributed by atoms with E-state index in [1.165, 1.54) is 70.6 Å². The maximum absolute atomic E-state index is 11.6. The van der Waals surface area contributed by atoms with Crippen LogP contribution in [-0.4, -0.2) is 35.7 Å². The fraction of sp³-hybridized carbons (Fsp3) is 0.917. The molecule has 6 nitrogen and oxygen atoms in total. The molecule has 0 aliphatic heterocycles. The number of carbonyl (C=O) groups is 2. The van der Waals surface area contributed by atoms with Gasteiger partial charge in [0.15, 0.2) is 0 Å². The van der Waals surface area contributed by atoms with Gasteiger partial charge in [-0.2, -0.15) is 0 Å². The van der Waals surface area contributed by atoms with E-state index in [0.717, 1.165) is 19.3 Å². The number of rotatable bonds is 18. The van der Waals surface area contributed by atoms with Crippen molar-refractivity contribution in [1.82, 2.24) is 0 Å². The Bertz CT molecular complexity index is 430. The van der Waals surface area contributed by atoms with Gasteiger partial charge in [-0.15, -0.1) is 0 Å². The Morgan fingerprint density at radius 1 is 0.767 bits per heavy atom. The van der Waals surface area contributed by atoms with Crippen molar-refractivity contribution in [2.75, 3.05) is 6.61 Å². The minimum absolute atomic E-state index is 0.111. The summed E-state index contributed by atoms with van der Waals surface area (Å²) < 4.78 is 14.9. The normalized spacial score (nSPS) is 12.4. The summed E-state index contributed by atoms with van der Waals surface area (Å²) in [5, 5.41) is 8.86. The quantitative estimate of drug-likeness (QED) is 0.176. The zero-order valence-corrected chi connectivity index (χ0v) is 19.9. The van der Waals surface area contributed by atoms with Crippen LogP contribution in [0.1, 0.15) is 124 Å². The number of ether oxygens (including phenoxy) is 3. The summed E-state index contributed by atoms with van der Waals surface area (Å²) in [4.78, 5) is 22.4. The standard InChI is InChI=1S/C24H46O6/c1-5-6-7-8-9-10-11-12-13-14-15-16-17-18-19-21(29-22(25)26)20-28-23(27)30-24(2,3)4/h21H,5-20H2,1-4H3,(H,25,26). The summed E-state index contributed by atoms with van der Waals surface area (Å²) in [6.45, 7) is 7.37. The van der Waals surface area contributed by atoms with Crippen LogP contribution in [0.3, 0.4) is 0 Å². The molecule has 1 N–H and O–H groups in total. The van der Waals surface area contributed by atoms with Crippen molar-refractivity contribution < 1.29 is 28.9 Å². The molecule has 0 saturated carbocycles. The maximum atomic E-state index is 11.6. The number of hydrogen-bond acceptors (Lipinski definition) is 5. The van der Waals surface area contributed by atoms with Crippen LogP contribution in [0.15, 0.2) is 0 Å². The second-order valence-electron chi connectivity index (χ2n) is 9.17. The smallest absolute Gasteiger partial charge is 0.450 e. The number of hydrogen-bond donors (Lipinski definition) is 1. The highest BCUT2D eigenvalue weighted by molar-refractivity contribution is 5.60. The molecule has 0 aliphatic carbocycles. The highest BCUT2D eigenvalue weighted by Gasteiger charge is 2.20. The summed E-state index contributed by atoms with van der Waals surface area (Å²) in [7, 11) is 0. The Hall–Kier alpha value is -1.46. The highest BCUT2D eigenvalue weighted by atomic mass is 16.7. The average molecular weight is 431 g/mol. The molecule has 0 heterocycles. The molecule has 0 radical (unpaired) electrons. The Morgan fingerprint density at radius 3 is 1.60 bits per heavy atom. The summed E-state index contributed by atoms with van der Waals surface area (Å²) in [6, 6.07) is 0. The molecular weight excluding hydrogens is 384 g/mol. The first kappa shape index (κ1) is 28.5. The predicted molar refractivity (Wildman–Crippen MR) is 120 cm³/mol. The number of unbranched alkanes of at least 4 members (excludes halogenated alkanes) is 13. The predicted octanol–water partition coefficient (Wildman–Crippen LogP) is 7.87. The largest absolute Gasteiger partial charge is 0.508 e. The molecule has 178 valence electrons. The Balaban J connectivity index is 3.68. The number of carbonyl (C=O) groups excluding carboxylic acids is 1. The minimum Gasteiger partial charge on any atom is -0.450 e. The van der Waals surface area contributed by atoms with Crippen LogP contribution >= 0.6 is 0 Å². The van der Waals surface area contributed by atoms with Crippen molar-refractivity contribution in [2.45, 2.75) is 136 Å². The molecule has 0 saturated heterocycles. The zero-order chi connectivity index (χ0) is 22.7. The molecule has 0 fully saturated rings. The minimum atomic E-state index is -1.35. The lowest BCUT2D eigenvalue weighted by Gasteiger charge is -2.20. The van der Waals surface area contributed by atoms with Crippen LogP contribution in [0.4, 0.5) is 9.59 Å². The van der Waals surface area contributed by atoms with E-state index >= 15 is 0 Å². The van der Waals surface area contributed by atoms with Gasteiger partial charge in [0.25, 0.3) is 0 Å². The summed E-state index contributed by atoms with van der Waals surface area (Å²) in [6.07, 6.45) is 15.5. The Kier molecular flexibility index (Phi) is 17.4. The van der Waals surface area contributed by atoms with E-state index in [2.05, 4.69) is 6.92 Å². The van der Waals surface area contributed by atoms with Crippen LogP contribution < -0.4 is 0 Å². The molecule has 0 amide bonds. The van der Waals surface area contributed by atoms with Crippen LogP contribution in [0.25, 0.3) is 0 Å². The van der Waals surface area contributed by atoms with Gasteiger partial charge < -0.3 is 19.3 Å². The topological polar surface area (TPSA) is 82.1 Å². The molecular formula is C24H46O6. The molecule has 0 bridgehead atoms. The van der Waals surface area contributed by atoms with Gasteiger partial charge in [-0.25, -0.2) is 9.59 Å². The van der Waals surface area contributed by atoms with Gasteiger partial charge in [-0.3, -0.25) is 0 Å². The van der Waals surface area contributed by atoms with E-state index in [9.17, 15) is 9.59 Å². The van der Waals surface area contributed by atoms with E-state index < -0.39 is 24.0 Å². The van der Waals surface area contributed by atoms with Gasteiger partial charge in [0, 0.05) is 0 Å². The average Bonchev–Trinajstić information content (AvgIpc) is 2.64. The van der Waals surface area contributed by atoms with Gasteiger partial charge in [0.1, 0.15) is 18.3 Å². The first-order chi connectivity index (χ1) is 14.2. The molecule has 0 aromatic rings. The van der Waals surface area contributed by atoms with Gasteiger partial charge in [-0.05, 0) is 33.6 Å². The van der Waals surface area contributed by atoms with E-state index in [0.29, 0.717) is 6.42 Å². The van der Waals surface area contributed by atoms with Crippen molar-refractivity contribution in [3.05, 3.63) is 0 Å². The number of carboxylic acid groups (broad SMARTS) is 1. The van der Waals surface area contributed by atoms with Crippen LogP contribution in [-0.2, 0) is 14.2 Å². The first-order valence-corrected chi connectivity index (χ1v) is 12.0. The van der Waals surface area contributed by atoms with E-state index in [-0.39, 0.29) is 6.61 Å². The van der Waals surface area contributed by atoms with Gasteiger partial charge in [0.05, 0.1) is 0 Å². The van der Waals surface area contributed by atoms with Crippen molar-refractivity contribution in [3.8, 4) is 0 Å². The van der Waals surface area contributed by atoms with E-state index in [1.807, 2.05) is 0 Å². The van der Waals surface area contributed by atoms with Crippen molar-refractivity contribution in [3.63, 3.8) is 0 Å². The second kappa shape index (κ2) is 18.3. The fourth-order valence-corrected chi connectivity index (χ4v) is 3.33. The molecule has 0 rings (SSSR count). The molecule has 0 aliphatic rings. The molecule has 30 heavy (non-hydrogen) atoms. The second-order valence-corrected chi connectivity index (χ2v) is 9.17. The Labute approximate surface area is 184 Å². The lowest BCUT2D eigenvalue weighted by molar-refractivity contribution is -0.0356. The monoisotopic (exact) mass is 430 g/mol. The summed E-state index contributed by atoms with van der Waals surface area (Å²) in [5.74, 6) is 0. The third-order valence-electron chi connectivity index (χ3n) is 4.92. The molecule has 6 heteroatoms. The van der Waals surface area contributed by atoms with Crippen LogP contribution in [0.2, 0.25) is 0 Å². The van der Waals surface area contributed by atoms with Gasteiger partial charge >= 0.3 is 12.3 Å². The zero-order valence-electron chi connectivity index (χ0n) is 19.9. The first-order valence-electron chi connectivity index (χ1n) is 12.0. The molecule has 0 spiro atoms. The van der Waals surface area contributed by atoms with Crippen LogP contribution in [0, 0.1) is 0 Å². The van der Waals surface area contributed by atoms with Crippen molar-refractivity contribution in [1.29, 1.82) is 0 Å². The van der Waals surface area contributed by atoms with Crippen LogP contribution in [0.5, 0.6) is 0 Å². The van der Waals surface area contributed by atoms with Crippen molar-refractivity contribution >= 4 is 12.3 Å². The SMILES string of the molecule is CCCCCCCCCCCCCCCCC(COC(=O)OC(C)(C)C)OC(=O)O. The van der Waals surface area contributed by atoms with E-state index in [1.54, 1.807) is 20.8 Å². The lowest BCUT2D eigenvalue weighted by Crippen LogP contribution is -2.29. The molecule has 0 aromatic heterocycles. The van der Waals surface area contributed by atoms with Gasteiger partial charge in [-0.1, -0.05) is 90.4 Å². The maximum Gasteiger partial charge on any atom is 0.508 e. The molecule has 1 atom stereocenters. The summed E-state index contributed by atoms with van der Waals surface area (Å²) >= 11 is 0. The van der Waals surface area contributed by atoms with E-state index in [4.69, 9.17) is 19.3 Å². The lowest BCUT2D eigenvalue weighted by atomic mass is 10.0.